The van der Waals surface area contributed by atoms with Crippen LogP contribution < -0.4 is 5.32 Å². The van der Waals surface area contributed by atoms with Gasteiger partial charge in [-0.05, 0) is 5.56 Å². The normalized spacial score (nSPS) is 11.5. The van der Waals surface area contributed by atoms with Crippen molar-refractivity contribution in [3.63, 3.8) is 0 Å². The summed E-state index contributed by atoms with van der Waals surface area (Å²) in [5, 5.41) is 19.5. The van der Waals surface area contributed by atoms with E-state index in [0.717, 1.165) is 6.54 Å². The summed E-state index contributed by atoms with van der Waals surface area (Å²) in [6.07, 6.45) is 1.44. The first-order valence-electron chi connectivity index (χ1n) is 6.89. The minimum absolute atomic E-state index is 0.0281. The predicted molar refractivity (Wildman–Crippen MR) is 79.3 cm³/mol. The van der Waals surface area contributed by atoms with Gasteiger partial charge >= 0.3 is 5.97 Å². The first-order valence-corrected chi connectivity index (χ1v) is 6.89. The second-order valence-corrected chi connectivity index (χ2v) is 5.60. The van der Waals surface area contributed by atoms with Crippen LogP contribution in [0.2, 0.25) is 0 Å². The molecule has 1 heterocycles. The summed E-state index contributed by atoms with van der Waals surface area (Å²) in [5.41, 5.74) is 1.29. The van der Waals surface area contributed by atoms with E-state index in [0.29, 0.717) is 13.1 Å². The molecular weight excluding hydrogens is 268 g/mol. The molecule has 0 unspecified atom stereocenters. The minimum Gasteiger partial charge on any atom is -0.476 e. The van der Waals surface area contributed by atoms with Crippen LogP contribution in [0.3, 0.4) is 0 Å². The summed E-state index contributed by atoms with van der Waals surface area (Å²) in [6, 6.07) is 10.3. The van der Waals surface area contributed by atoms with Gasteiger partial charge in [-0.25, -0.2) is 4.79 Å². The number of hydrogen-bond donors (Lipinski definition) is 2. The van der Waals surface area contributed by atoms with Crippen LogP contribution in [-0.4, -0.2) is 39.2 Å². The number of hydrogen-bond acceptors (Lipinski definition) is 4. The fraction of sp³-hybridized carbons (Fsp3) is 0.400. The molecule has 0 aliphatic heterocycles. The van der Waals surface area contributed by atoms with Gasteiger partial charge in [-0.15, -0.1) is 5.10 Å². The molecule has 1 aromatic heterocycles. The molecule has 0 saturated heterocycles. The third kappa shape index (κ3) is 4.13. The molecule has 2 N–H and O–H groups in total. The van der Waals surface area contributed by atoms with Crippen LogP contribution in [0.25, 0.3) is 0 Å². The van der Waals surface area contributed by atoms with E-state index in [-0.39, 0.29) is 11.1 Å². The third-order valence-corrected chi connectivity index (χ3v) is 3.40. The summed E-state index contributed by atoms with van der Waals surface area (Å²) in [6.45, 7) is 6.50. The smallest absolute Gasteiger partial charge is 0.358 e. The second-order valence-electron chi connectivity index (χ2n) is 5.60. The molecule has 0 spiro atoms. The molecule has 0 bridgehead atoms. The standard InChI is InChI=1S/C15H20N4O2/c1-15(2,12-6-4-3-5-7-12)11-16-8-9-19-10-13(14(20)21)17-18-19/h3-7,10,16H,8-9,11H2,1-2H3,(H,20,21). The number of aromatic carboxylic acids is 1. The van der Waals surface area contributed by atoms with Crippen molar-refractivity contribution in [2.75, 3.05) is 13.1 Å². The van der Waals surface area contributed by atoms with Crippen molar-refractivity contribution in [3.8, 4) is 0 Å². The van der Waals surface area contributed by atoms with Gasteiger partial charge in [0.15, 0.2) is 5.69 Å². The molecule has 2 rings (SSSR count). The highest BCUT2D eigenvalue weighted by Gasteiger charge is 2.19. The molecule has 2 aromatic rings. The van der Waals surface area contributed by atoms with Gasteiger partial charge in [0.05, 0.1) is 12.7 Å². The van der Waals surface area contributed by atoms with Gasteiger partial charge in [0.2, 0.25) is 0 Å². The zero-order valence-electron chi connectivity index (χ0n) is 12.3. The number of rotatable bonds is 7. The van der Waals surface area contributed by atoms with Crippen molar-refractivity contribution in [2.24, 2.45) is 0 Å². The molecule has 0 aliphatic carbocycles. The molecule has 6 heteroatoms. The van der Waals surface area contributed by atoms with Gasteiger partial charge < -0.3 is 10.4 Å². The molecule has 21 heavy (non-hydrogen) atoms. The fourth-order valence-electron chi connectivity index (χ4n) is 2.09. The number of nitrogens with one attached hydrogen (secondary N) is 1. The Hall–Kier alpha value is -2.21. The van der Waals surface area contributed by atoms with Crippen LogP contribution in [0, 0.1) is 0 Å². The van der Waals surface area contributed by atoms with Gasteiger partial charge in [0.25, 0.3) is 0 Å². The molecule has 0 amide bonds. The maximum absolute atomic E-state index is 10.7. The molecular formula is C15H20N4O2. The number of nitrogens with zero attached hydrogens (tertiary/aromatic N) is 3. The molecule has 6 nitrogen and oxygen atoms in total. The Morgan fingerprint density at radius 2 is 2.05 bits per heavy atom. The van der Waals surface area contributed by atoms with Gasteiger partial charge in [0.1, 0.15) is 0 Å². The average Bonchev–Trinajstić information content (AvgIpc) is 2.94. The van der Waals surface area contributed by atoms with Crippen molar-refractivity contribution in [3.05, 3.63) is 47.8 Å². The molecule has 112 valence electrons. The highest BCUT2D eigenvalue weighted by atomic mass is 16.4. The highest BCUT2D eigenvalue weighted by Crippen LogP contribution is 2.21. The predicted octanol–water partition coefficient (Wildman–Crippen LogP) is 1.54. The highest BCUT2D eigenvalue weighted by molar-refractivity contribution is 5.84. The number of carboxylic acid groups (broad SMARTS) is 1. The summed E-state index contributed by atoms with van der Waals surface area (Å²) < 4.78 is 1.53. The van der Waals surface area contributed by atoms with Crippen molar-refractivity contribution in [1.29, 1.82) is 0 Å². The Kier molecular flexibility index (Phi) is 4.70. The van der Waals surface area contributed by atoms with Crippen LogP contribution in [-0.2, 0) is 12.0 Å². The second kappa shape index (κ2) is 6.49. The van der Waals surface area contributed by atoms with E-state index in [1.807, 2.05) is 18.2 Å². The van der Waals surface area contributed by atoms with E-state index in [9.17, 15) is 4.79 Å². The molecule has 0 saturated carbocycles. The van der Waals surface area contributed by atoms with E-state index >= 15 is 0 Å². The first-order chi connectivity index (χ1) is 9.99. The third-order valence-electron chi connectivity index (χ3n) is 3.40. The van der Waals surface area contributed by atoms with Crippen LogP contribution >= 0.6 is 0 Å². The Morgan fingerprint density at radius 3 is 2.67 bits per heavy atom. The Balaban J connectivity index is 1.80. The SMILES string of the molecule is CC(C)(CNCCn1cc(C(=O)O)nn1)c1ccccc1. The maximum atomic E-state index is 10.7. The number of carbonyl (C=O) groups is 1. The molecule has 0 fully saturated rings. The van der Waals surface area contributed by atoms with E-state index in [4.69, 9.17) is 5.11 Å². The lowest BCUT2D eigenvalue weighted by Crippen LogP contribution is -2.34. The molecule has 1 aromatic carbocycles. The summed E-state index contributed by atoms with van der Waals surface area (Å²) in [5.74, 6) is -1.06. The van der Waals surface area contributed by atoms with Gasteiger partial charge in [-0.3, -0.25) is 4.68 Å². The maximum Gasteiger partial charge on any atom is 0.358 e. The Labute approximate surface area is 123 Å². The number of carboxylic acids is 1. The zero-order valence-corrected chi connectivity index (χ0v) is 12.3. The molecule has 0 radical (unpaired) electrons. The lowest BCUT2D eigenvalue weighted by atomic mass is 9.85. The minimum atomic E-state index is -1.06. The van der Waals surface area contributed by atoms with E-state index in [1.54, 1.807) is 0 Å². The van der Waals surface area contributed by atoms with E-state index in [2.05, 4.69) is 41.6 Å². The first kappa shape index (κ1) is 15.2. The summed E-state index contributed by atoms with van der Waals surface area (Å²) >= 11 is 0. The van der Waals surface area contributed by atoms with Crippen LogP contribution in [0.5, 0.6) is 0 Å². The summed E-state index contributed by atoms with van der Waals surface area (Å²) in [4.78, 5) is 10.7. The van der Waals surface area contributed by atoms with Crippen LogP contribution in [0.15, 0.2) is 36.5 Å². The fourth-order valence-corrected chi connectivity index (χ4v) is 2.09. The summed E-state index contributed by atoms with van der Waals surface area (Å²) in [7, 11) is 0. The number of benzene rings is 1. The lowest BCUT2D eigenvalue weighted by Gasteiger charge is -2.25. The van der Waals surface area contributed by atoms with Crippen LogP contribution in [0.1, 0.15) is 29.9 Å². The monoisotopic (exact) mass is 288 g/mol. The quantitative estimate of drug-likeness (QED) is 0.756. The van der Waals surface area contributed by atoms with Crippen molar-refractivity contribution in [2.45, 2.75) is 25.8 Å². The average molecular weight is 288 g/mol. The van der Waals surface area contributed by atoms with E-state index < -0.39 is 5.97 Å². The number of aromatic nitrogens is 3. The topological polar surface area (TPSA) is 80.0 Å². The Morgan fingerprint density at radius 1 is 1.33 bits per heavy atom. The van der Waals surface area contributed by atoms with Crippen LogP contribution in [0.4, 0.5) is 0 Å². The van der Waals surface area contributed by atoms with Gasteiger partial charge in [0, 0.05) is 18.5 Å². The van der Waals surface area contributed by atoms with E-state index in [1.165, 1.54) is 16.4 Å². The Bertz CT molecular complexity index is 593. The molecule has 0 aliphatic rings. The van der Waals surface area contributed by atoms with Gasteiger partial charge in [-0.2, -0.15) is 0 Å². The van der Waals surface area contributed by atoms with Crippen molar-refractivity contribution >= 4 is 5.97 Å². The van der Waals surface area contributed by atoms with Gasteiger partial charge in [-0.1, -0.05) is 49.4 Å². The van der Waals surface area contributed by atoms with Crippen molar-refractivity contribution in [1.82, 2.24) is 20.3 Å². The van der Waals surface area contributed by atoms with Crippen molar-refractivity contribution < 1.29 is 9.90 Å². The largest absolute Gasteiger partial charge is 0.476 e. The zero-order chi connectivity index (χ0) is 15.3. The lowest BCUT2D eigenvalue weighted by molar-refractivity contribution is 0.0690. The molecule has 0 atom stereocenters.